The molecule has 8 heteroatoms. The van der Waals surface area contributed by atoms with Crippen molar-refractivity contribution in [1.82, 2.24) is 29.4 Å². The summed E-state index contributed by atoms with van der Waals surface area (Å²) in [5.74, 6) is 3.63. The number of imidazole rings is 1. The molecule has 0 radical (unpaired) electrons. The molecule has 0 amide bonds. The summed E-state index contributed by atoms with van der Waals surface area (Å²) in [5, 5.41) is 12.2. The van der Waals surface area contributed by atoms with E-state index in [0.717, 1.165) is 59.7 Å². The Morgan fingerprint density at radius 3 is 2.67 bits per heavy atom. The van der Waals surface area contributed by atoms with Crippen molar-refractivity contribution >= 4 is 27.9 Å². The van der Waals surface area contributed by atoms with Gasteiger partial charge in [0.05, 0.1) is 28.6 Å². The van der Waals surface area contributed by atoms with Crippen molar-refractivity contribution in [2.24, 2.45) is 23.7 Å². The molecule has 2 saturated carbocycles. The van der Waals surface area contributed by atoms with E-state index in [1.165, 1.54) is 31.2 Å². The molecule has 2 aliphatic rings. The van der Waals surface area contributed by atoms with Gasteiger partial charge in [-0.05, 0) is 78.5 Å². The van der Waals surface area contributed by atoms with Gasteiger partial charge in [0.1, 0.15) is 23.6 Å². The van der Waals surface area contributed by atoms with Crippen molar-refractivity contribution in [3.63, 3.8) is 0 Å². The molecular formula is C34H49N7O. The van der Waals surface area contributed by atoms with Gasteiger partial charge in [0.15, 0.2) is 0 Å². The lowest BCUT2D eigenvalue weighted by molar-refractivity contribution is 0.0387. The average Bonchev–Trinajstić information content (AvgIpc) is 3.59. The van der Waals surface area contributed by atoms with E-state index >= 15 is 0 Å². The van der Waals surface area contributed by atoms with Gasteiger partial charge < -0.3 is 20.4 Å². The summed E-state index contributed by atoms with van der Waals surface area (Å²) >= 11 is 0. The molecule has 2 aliphatic carbocycles. The summed E-state index contributed by atoms with van der Waals surface area (Å²) in [4.78, 5) is 19.9. The number of nitrogen functional groups attached to an aromatic ring is 1. The van der Waals surface area contributed by atoms with Crippen molar-refractivity contribution in [3.05, 3.63) is 48.2 Å². The van der Waals surface area contributed by atoms with Crippen LogP contribution in [-0.4, -0.2) is 59.7 Å². The molecule has 2 fully saturated rings. The fourth-order valence-electron chi connectivity index (χ4n) is 7.44. The number of aromatic amines is 1. The quantitative estimate of drug-likeness (QED) is 0.224. The largest absolute Gasteiger partial charge is 0.391 e. The Kier molecular flexibility index (Phi) is 7.81. The fourth-order valence-corrected chi connectivity index (χ4v) is 7.44. The number of rotatable bonds is 9. The highest BCUT2D eigenvalue weighted by Gasteiger charge is 2.43. The van der Waals surface area contributed by atoms with Crippen molar-refractivity contribution in [2.45, 2.75) is 97.2 Å². The molecule has 42 heavy (non-hydrogen) atoms. The molecule has 0 bridgehead atoms. The van der Waals surface area contributed by atoms with Gasteiger partial charge in [-0.3, -0.25) is 4.90 Å². The highest BCUT2D eigenvalue weighted by molar-refractivity contribution is 5.86. The SMILES string of the molecule is CC(C)CN(C[C@H]1C[C@@H](n2ccc3c(N)ncnc32)[C@H](O)[C@@H]1C)C1CC(CCc2nc3ccc(C(C)(C)C)cc3[nH]2)C1. The zero-order valence-corrected chi connectivity index (χ0v) is 26.2. The summed E-state index contributed by atoms with van der Waals surface area (Å²) < 4.78 is 2.13. The van der Waals surface area contributed by atoms with Gasteiger partial charge in [-0.2, -0.15) is 0 Å². The maximum Gasteiger partial charge on any atom is 0.145 e. The topological polar surface area (TPSA) is 109 Å². The Hall–Kier alpha value is -2.97. The van der Waals surface area contributed by atoms with E-state index in [1.54, 1.807) is 0 Å². The standard InChI is InChI=1S/C34H49N7O/c1-20(2)17-40(18-23-15-29(31(42)21(23)3)41-12-11-26-32(35)36-19-37-33(26)41)25-13-22(14-25)7-10-30-38-27-9-8-24(34(4,5)6)16-28(27)39-30/h8-9,11-12,16,19-23,25,29,31,42H,7,10,13-15,17-18H2,1-6H3,(H,38,39)(H2,35,36,37)/t21-,22?,23-,25?,29-,31-/m1/s1. The van der Waals surface area contributed by atoms with Crippen LogP contribution < -0.4 is 5.73 Å². The second kappa shape index (κ2) is 11.3. The van der Waals surface area contributed by atoms with Gasteiger partial charge in [-0.1, -0.05) is 47.6 Å². The van der Waals surface area contributed by atoms with Crippen molar-refractivity contribution in [1.29, 1.82) is 0 Å². The third-order valence-electron chi connectivity index (χ3n) is 10.1. The van der Waals surface area contributed by atoms with Gasteiger partial charge >= 0.3 is 0 Å². The number of benzene rings is 1. The monoisotopic (exact) mass is 571 g/mol. The molecule has 0 saturated heterocycles. The van der Waals surface area contributed by atoms with Crippen molar-refractivity contribution in [3.8, 4) is 0 Å². The summed E-state index contributed by atoms with van der Waals surface area (Å²) in [7, 11) is 0. The van der Waals surface area contributed by atoms with Gasteiger partial charge in [0, 0.05) is 31.7 Å². The first-order chi connectivity index (χ1) is 20.0. The van der Waals surface area contributed by atoms with E-state index in [9.17, 15) is 5.11 Å². The molecular weight excluding hydrogens is 522 g/mol. The molecule has 0 unspecified atom stereocenters. The highest BCUT2D eigenvalue weighted by Crippen LogP contribution is 2.43. The minimum Gasteiger partial charge on any atom is -0.391 e. The number of nitrogens with one attached hydrogen (secondary N) is 1. The van der Waals surface area contributed by atoms with Crippen LogP contribution in [0.25, 0.3) is 22.1 Å². The molecule has 1 aromatic carbocycles. The van der Waals surface area contributed by atoms with Crippen LogP contribution in [0.2, 0.25) is 0 Å². The lowest BCUT2D eigenvalue weighted by Gasteiger charge is -2.45. The van der Waals surface area contributed by atoms with Crippen LogP contribution in [0.3, 0.4) is 0 Å². The number of hydrogen-bond acceptors (Lipinski definition) is 6. The molecule has 3 heterocycles. The zero-order valence-electron chi connectivity index (χ0n) is 26.2. The lowest BCUT2D eigenvalue weighted by atomic mass is 9.76. The smallest absolute Gasteiger partial charge is 0.145 e. The van der Waals surface area contributed by atoms with Crippen LogP contribution in [0.1, 0.15) is 84.7 Å². The van der Waals surface area contributed by atoms with Crippen LogP contribution in [0.4, 0.5) is 5.82 Å². The molecule has 4 atom stereocenters. The molecule has 0 aliphatic heterocycles. The minimum atomic E-state index is -0.403. The number of aliphatic hydroxyl groups is 1. The van der Waals surface area contributed by atoms with Gasteiger partial charge in [0.2, 0.25) is 0 Å². The molecule has 4 aromatic rings. The summed E-state index contributed by atoms with van der Waals surface area (Å²) in [5.41, 5.74) is 10.6. The van der Waals surface area contributed by atoms with E-state index in [2.05, 4.69) is 84.2 Å². The van der Waals surface area contributed by atoms with E-state index in [1.807, 2.05) is 12.3 Å². The number of aryl methyl sites for hydroxylation is 1. The van der Waals surface area contributed by atoms with E-state index in [-0.39, 0.29) is 17.4 Å². The van der Waals surface area contributed by atoms with Crippen LogP contribution in [-0.2, 0) is 11.8 Å². The third-order valence-corrected chi connectivity index (χ3v) is 10.1. The zero-order chi connectivity index (χ0) is 29.8. The van der Waals surface area contributed by atoms with Crippen LogP contribution in [0, 0.1) is 23.7 Å². The Bertz CT molecular complexity index is 1530. The average molecular weight is 572 g/mol. The van der Waals surface area contributed by atoms with E-state index < -0.39 is 6.10 Å². The van der Waals surface area contributed by atoms with Crippen molar-refractivity contribution < 1.29 is 5.11 Å². The Labute approximate surface area is 250 Å². The number of H-pyrrole nitrogens is 1. The summed E-state index contributed by atoms with van der Waals surface area (Å²) in [6.07, 6.45) is 8.79. The predicted octanol–water partition coefficient (Wildman–Crippen LogP) is 6.11. The van der Waals surface area contributed by atoms with Gasteiger partial charge in [-0.25, -0.2) is 15.0 Å². The first-order valence-corrected chi connectivity index (χ1v) is 16.0. The first-order valence-electron chi connectivity index (χ1n) is 16.0. The molecule has 8 nitrogen and oxygen atoms in total. The van der Waals surface area contributed by atoms with E-state index in [4.69, 9.17) is 10.7 Å². The first kappa shape index (κ1) is 29.1. The number of anilines is 1. The van der Waals surface area contributed by atoms with Crippen molar-refractivity contribution in [2.75, 3.05) is 18.8 Å². The maximum absolute atomic E-state index is 11.3. The van der Waals surface area contributed by atoms with Crippen LogP contribution in [0.15, 0.2) is 36.8 Å². The van der Waals surface area contributed by atoms with E-state index in [0.29, 0.717) is 23.7 Å². The Balaban J connectivity index is 1.07. The number of aliphatic hydroxyl groups excluding tert-OH is 1. The molecule has 0 spiro atoms. The Morgan fingerprint density at radius 1 is 1.14 bits per heavy atom. The second-order valence-corrected chi connectivity index (χ2v) is 14.7. The molecule has 3 aromatic heterocycles. The highest BCUT2D eigenvalue weighted by atomic mass is 16.3. The maximum atomic E-state index is 11.3. The second-order valence-electron chi connectivity index (χ2n) is 14.7. The molecule has 4 N–H and O–H groups in total. The number of hydrogen-bond donors (Lipinski definition) is 3. The Morgan fingerprint density at radius 2 is 1.93 bits per heavy atom. The lowest BCUT2D eigenvalue weighted by Crippen LogP contribution is -2.48. The number of fused-ring (bicyclic) bond motifs is 2. The third kappa shape index (κ3) is 5.68. The number of nitrogens with zero attached hydrogens (tertiary/aromatic N) is 5. The van der Waals surface area contributed by atoms with Crippen LogP contribution in [0.5, 0.6) is 0 Å². The van der Waals surface area contributed by atoms with Gasteiger partial charge in [-0.15, -0.1) is 0 Å². The predicted molar refractivity (Wildman–Crippen MR) is 170 cm³/mol. The minimum absolute atomic E-state index is 0.00938. The number of aromatic nitrogens is 5. The molecule has 6 rings (SSSR count). The van der Waals surface area contributed by atoms with Crippen LogP contribution >= 0.6 is 0 Å². The van der Waals surface area contributed by atoms with Gasteiger partial charge in [0.25, 0.3) is 0 Å². The summed E-state index contributed by atoms with van der Waals surface area (Å²) in [6, 6.07) is 9.25. The number of nitrogens with two attached hydrogens (primary N) is 1. The fraction of sp³-hybridized carbons (Fsp3) is 0.618. The normalized spacial score (nSPS) is 26.6. The summed E-state index contributed by atoms with van der Waals surface area (Å²) in [6.45, 7) is 15.8. The molecule has 226 valence electrons.